The van der Waals surface area contributed by atoms with Crippen LogP contribution in [-0.4, -0.2) is 51.9 Å². The number of hydrogen-bond donors (Lipinski definition) is 1. The first-order valence-corrected chi connectivity index (χ1v) is 10.4. The number of carbonyl (C=O) groups is 1. The lowest BCUT2D eigenvalue weighted by Gasteiger charge is -2.40. The van der Waals surface area contributed by atoms with E-state index in [0.29, 0.717) is 38.8 Å². The van der Waals surface area contributed by atoms with E-state index in [0.717, 1.165) is 18.0 Å². The van der Waals surface area contributed by atoms with Crippen LogP contribution in [0.5, 0.6) is 0 Å². The smallest absolute Gasteiger partial charge is 0.223 e. The summed E-state index contributed by atoms with van der Waals surface area (Å²) in [6, 6.07) is 10.2. The third-order valence-corrected chi connectivity index (χ3v) is 6.12. The molecular weight excluding hydrogens is 362 g/mol. The molecule has 1 atom stereocenters. The molecule has 1 N–H and O–H groups in total. The number of aliphatic hydroxyl groups is 1. The molecule has 29 heavy (non-hydrogen) atoms. The summed E-state index contributed by atoms with van der Waals surface area (Å²) in [5.41, 5.74) is 1.57. The van der Waals surface area contributed by atoms with Crippen LogP contribution < -0.4 is 0 Å². The Kier molecular flexibility index (Phi) is 5.67. The molecule has 0 radical (unpaired) electrons. The van der Waals surface area contributed by atoms with E-state index in [9.17, 15) is 9.90 Å². The van der Waals surface area contributed by atoms with E-state index in [1.54, 1.807) is 0 Å². The van der Waals surface area contributed by atoms with Crippen molar-refractivity contribution in [2.75, 3.05) is 19.6 Å². The summed E-state index contributed by atoms with van der Waals surface area (Å²) in [4.78, 5) is 21.2. The molecule has 0 unspecified atom stereocenters. The molecule has 1 aromatic carbocycles. The van der Waals surface area contributed by atoms with Crippen molar-refractivity contribution in [3.8, 4) is 0 Å². The lowest BCUT2D eigenvalue weighted by Crippen LogP contribution is -2.47. The van der Waals surface area contributed by atoms with Crippen molar-refractivity contribution in [2.24, 2.45) is 4.99 Å². The molecule has 3 aliphatic rings. The number of carbonyl (C=O) groups excluding carboxylic acids is 1. The van der Waals surface area contributed by atoms with Gasteiger partial charge in [0.15, 0.2) is 0 Å². The first-order chi connectivity index (χ1) is 14.0. The SMILES string of the molecule is C[C@H](CC(=O)N1CCC(O)(CC2=CN=C3C=CC=CN3C2)CC1)c1ccccc1. The molecule has 1 amide bonds. The van der Waals surface area contributed by atoms with Crippen molar-refractivity contribution in [1.29, 1.82) is 0 Å². The predicted molar refractivity (Wildman–Crippen MR) is 115 cm³/mol. The Hall–Kier alpha value is -2.66. The van der Waals surface area contributed by atoms with Crippen molar-refractivity contribution in [2.45, 2.75) is 44.1 Å². The van der Waals surface area contributed by atoms with Gasteiger partial charge in [-0.3, -0.25) is 4.79 Å². The van der Waals surface area contributed by atoms with Crippen LogP contribution in [0.25, 0.3) is 0 Å². The number of benzene rings is 1. The van der Waals surface area contributed by atoms with Gasteiger partial charge in [0.1, 0.15) is 5.84 Å². The second-order valence-corrected chi connectivity index (χ2v) is 8.40. The maximum absolute atomic E-state index is 12.7. The van der Waals surface area contributed by atoms with E-state index in [1.807, 2.05) is 53.7 Å². The molecule has 0 bridgehead atoms. The second-order valence-electron chi connectivity index (χ2n) is 8.40. The molecule has 3 heterocycles. The Morgan fingerprint density at radius 1 is 1.21 bits per heavy atom. The Morgan fingerprint density at radius 3 is 2.72 bits per heavy atom. The molecule has 152 valence electrons. The van der Waals surface area contributed by atoms with Gasteiger partial charge in [0.25, 0.3) is 0 Å². The molecule has 4 rings (SSSR count). The van der Waals surface area contributed by atoms with Crippen molar-refractivity contribution in [3.05, 3.63) is 72.1 Å². The van der Waals surface area contributed by atoms with Crippen LogP contribution in [0.2, 0.25) is 0 Å². The van der Waals surface area contributed by atoms with Crippen LogP contribution in [0.15, 0.2) is 71.5 Å². The lowest BCUT2D eigenvalue weighted by atomic mass is 9.84. The van der Waals surface area contributed by atoms with Gasteiger partial charge in [-0.15, -0.1) is 0 Å². The van der Waals surface area contributed by atoms with Gasteiger partial charge >= 0.3 is 0 Å². The monoisotopic (exact) mass is 391 g/mol. The van der Waals surface area contributed by atoms with Gasteiger partial charge in [-0.2, -0.15) is 0 Å². The number of rotatable bonds is 5. The third-order valence-electron chi connectivity index (χ3n) is 6.12. The van der Waals surface area contributed by atoms with E-state index in [-0.39, 0.29) is 11.8 Å². The molecule has 0 saturated carbocycles. The van der Waals surface area contributed by atoms with E-state index in [4.69, 9.17) is 0 Å². The number of amidine groups is 1. The lowest BCUT2D eigenvalue weighted by molar-refractivity contribution is -0.135. The first-order valence-electron chi connectivity index (χ1n) is 10.4. The molecular formula is C24H29N3O2. The number of nitrogens with zero attached hydrogens (tertiary/aromatic N) is 3. The van der Waals surface area contributed by atoms with Crippen molar-refractivity contribution < 1.29 is 9.90 Å². The minimum atomic E-state index is -0.754. The zero-order valence-electron chi connectivity index (χ0n) is 17.0. The number of aliphatic imine (C=N–C) groups is 1. The van der Waals surface area contributed by atoms with Crippen molar-refractivity contribution >= 4 is 11.7 Å². The molecule has 1 fully saturated rings. The Bertz CT molecular complexity index is 861. The van der Waals surface area contributed by atoms with Crippen molar-refractivity contribution in [3.63, 3.8) is 0 Å². The van der Waals surface area contributed by atoms with Gasteiger partial charge in [-0.05, 0) is 42.0 Å². The molecule has 1 aromatic rings. The van der Waals surface area contributed by atoms with E-state index < -0.39 is 5.60 Å². The summed E-state index contributed by atoms with van der Waals surface area (Å²) < 4.78 is 0. The minimum absolute atomic E-state index is 0.180. The van der Waals surface area contributed by atoms with Gasteiger partial charge in [0.2, 0.25) is 5.91 Å². The fourth-order valence-electron chi connectivity index (χ4n) is 4.30. The molecule has 5 heteroatoms. The maximum atomic E-state index is 12.7. The number of fused-ring (bicyclic) bond motifs is 1. The Morgan fingerprint density at radius 2 is 1.97 bits per heavy atom. The largest absolute Gasteiger partial charge is 0.389 e. The average molecular weight is 392 g/mol. The molecule has 0 aromatic heterocycles. The average Bonchev–Trinajstić information content (AvgIpc) is 2.74. The summed E-state index contributed by atoms with van der Waals surface area (Å²) in [5, 5.41) is 11.1. The van der Waals surface area contributed by atoms with Gasteiger partial charge in [0.05, 0.1) is 5.60 Å². The van der Waals surface area contributed by atoms with E-state index in [1.165, 1.54) is 5.56 Å². The van der Waals surface area contributed by atoms with Gasteiger partial charge in [-0.1, -0.05) is 43.3 Å². The molecule has 0 aliphatic carbocycles. The number of hydrogen-bond acceptors (Lipinski definition) is 4. The summed E-state index contributed by atoms with van der Waals surface area (Å²) in [5.74, 6) is 1.33. The highest BCUT2D eigenvalue weighted by Gasteiger charge is 2.35. The number of allylic oxidation sites excluding steroid dienone is 2. The zero-order chi connectivity index (χ0) is 20.3. The maximum Gasteiger partial charge on any atom is 0.223 e. The number of amides is 1. The van der Waals surface area contributed by atoms with Crippen LogP contribution in [0.4, 0.5) is 0 Å². The van der Waals surface area contributed by atoms with E-state index in [2.05, 4.69) is 28.9 Å². The number of piperidine rings is 1. The molecule has 1 saturated heterocycles. The minimum Gasteiger partial charge on any atom is -0.389 e. The van der Waals surface area contributed by atoms with Gasteiger partial charge in [0, 0.05) is 44.9 Å². The fourth-order valence-corrected chi connectivity index (χ4v) is 4.30. The van der Waals surface area contributed by atoms with E-state index >= 15 is 0 Å². The number of likely N-dealkylation sites (tertiary alicyclic amines) is 1. The summed E-state index contributed by atoms with van der Waals surface area (Å²) in [6.45, 7) is 4.09. The highest BCUT2D eigenvalue weighted by Crippen LogP contribution is 2.31. The van der Waals surface area contributed by atoms with Crippen molar-refractivity contribution in [1.82, 2.24) is 9.80 Å². The quantitative estimate of drug-likeness (QED) is 0.834. The summed E-state index contributed by atoms with van der Waals surface area (Å²) >= 11 is 0. The molecule has 0 spiro atoms. The highest BCUT2D eigenvalue weighted by atomic mass is 16.3. The van der Waals surface area contributed by atoms with Crippen LogP contribution in [-0.2, 0) is 4.79 Å². The molecule has 3 aliphatic heterocycles. The molecule has 5 nitrogen and oxygen atoms in total. The normalized spacial score (nSPS) is 21.3. The van der Waals surface area contributed by atoms with Crippen LogP contribution in [0.3, 0.4) is 0 Å². The Labute approximate surface area is 172 Å². The van der Waals surface area contributed by atoms with Crippen LogP contribution in [0.1, 0.15) is 44.1 Å². The first kappa shape index (κ1) is 19.6. The summed E-state index contributed by atoms with van der Waals surface area (Å²) in [6.07, 6.45) is 12.2. The zero-order valence-corrected chi connectivity index (χ0v) is 17.0. The standard InChI is InChI=1S/C24H29N3O2/c1-19(21-7-3-2-4-8-21)15-23(28)26-13-10-24(29,11-14-26)16-20-17-25-22-9-5-6-12-27(22)18-20/h2-9,12,17,19,29H,10-11,13-16,18H2,1H3/t19-/m1/s1. The second kappa shape index (κ2) is 8.37. The highest BCUT2D eigenvalue weighted by molar-refractivity contribution is 5.96. The van der Waals surface area contributed by atoms with Crippen LogP contribution >= 0.6 is 0 Å². The Balaban J connectivity index is 1.30. The fraction of sp³-hybridized carbons (Fsp3) is 0.417. The van der Waals surface area contributed by atoms with Gasteiger partial charge < -0.3 is 14.9 Å². The predicted octanol–water partition coefficient (Wildman–Crippen LogP) is 3.61. The van der Waals surface area contributed by atoms with Crippen LogP contribution in [0, 0.1) is 0 Å². The summed E-state index contributed by atoms with van der Waals surface area (Å²) in [7, 11) is 0. The third kappa shape index (κ3) is 4.67. The van der Waals surface area contributed by atoms with Gasteiger partial charge in [-0.25, -0.2) is 4.99 Å². The topological polar surface area (TPSA) is 56.1 Å².